The maximum Gasteiger partial charge on any atom is 0.338 e. The molecule has 1 aromatic heterocycles. The fraction of sp³-hybridized carbons (Fsp3) is 0.455. The Bertz CT molecular complexity index is 462. The highest BCUT2D eigenvalue weighted by atomic mass is 32.2. The molecule has 0 atom stereocenters. The first kappa shape index (κ1) is 14.4. The number of carbonyl (C=O) groups is 1. The lowest BCUT2D eigenvalue weighted by atomic mass is 10.2. The van der Waals surface area contributed by atoms with Gasteiger partial charge in [0.15, 0.2) is 0 Å². The number of thioether (sulfide) groups is 1. The van der Waals surface area contributed by atoms with Gasteiger partial charge in [-0.1, -0.05) is 13.8 Å². The van der Waals surface area contributed by atoms with E-state index in [1.165, 1.54) is 11.8 Å². The van der Waals surface area contributed by atoms with E-state index < -0.39 is 10.9 Å². The second-order valence-electron chi connectivity index (χ2n) is 4.14. The van der Waals surface area contributed by atoms with Gasteiger partial charge in [0, 0.05) is 6.07 Å². The number of pyridine rings is 1. The number of nitro groups is 1. The van der Waals surface area contributed by atoms with Crippen LogP contribution in [0.15, 0.2) is 17.3 Å². The van der Waals surface area contributed by atoms with Gasteiger partial charge < -0.3 is 5.11 Å². The zero-order valence-corrected chi connectivity index (χ0v) is 10.9. The van der Waals surface area contributed by atoms with Crippen LogP contribution >= 0.6 is 11.8 Å². The van der Waals surface area contributed by atoms with Crippen molar-refractivity contribution in [1.82, 2.24) is 4.98 Å². The van der Waals surface area contributed by atoms with Crippen LogP contribution in [-0.4, -0.2) is 26.7 Å². The van der Waals surface area contributed by atoms with Crippen LogP contribution in [0, 0.1) is 16.0 Å². The molecule has 0 spiro atoms. The molecule has 0 aromatic carbocycles. The van der Waals surface area contributed by atoms with Gasteiger partial charge in [0.05, 0.1) is 10.5 Å². The van der Waals surface area contributed by atoms with Gasteiger partial charge in [-0.25, -0.2) is 9.78 Å². The summed E-state index contributed by atoms with van der Waals surface area (Å²) in [5.41, 5.74) is -0.418. The van der Waals surface area contributed by atoms with Crippen LogP contribution in [0.25, 0.3) is 0 Å². The van der Waals surface area contributed by atoms with Gasteiger partial charge in [0.1, 0.15) is 11.2 Å². The quantitative estimate of drug-likeness (QED) is 0.485. The summed E-state index contributed by atoms with van der Waals surface area (Å²) < 4.78 is 0. The summed E-state index contributed by atoms with van der Waals surface area (Å²) in [7, 11) is 0. The lowest BCUT2D eigenvalue weighted by molar-refractivity contribution is -0.385. The molecule has 0 aliphatic carbocycles. The zero-order chi connectivity index (χ0) is 13.7. The normalized spacial score (nSPS) is 10.6. The van der Waals surface area contributed by atoms with E-state index in [4.69, 9.17) is 5.11 Å². The second kappa shape index (κ2) is 6.34. The number of carboxylic acid groups (broad SMARTS) is 1. The third-order valence-corrected chi connectivity index (χ3v) is 3.25. The van der Waals surface area contributed by atoms with Crippen LogP contribution in [0.5, 0.6) is 0 Å². The highest BCUT2D eigenvalue weighted by Crippen LogP contribution is 2.25. The van der Waals surface area contributed by atoms with Crippen molar-refractivity contribution in [2.24, 2.45) is 5.92 Å². The number of aromatic nitrogens is 1. The summed E-state index contributed by atoms with van der Waals surface area (Å²) in [5.74, 6) is 0.0602. The number of aromatic carboxylic acids is 1. The van der Waals surface area contributed by atoms with Gasteiger partial charge in [-0.05, 0) is 18.1 Å². The summed E-state index contributed by atoms with van der Waals surface area (Å²) in [6, 6.07) is 1.05. The smallest absolute Gasteiger partial charge is 0.338 e. The molecule has 0 amide bonds. The van der Waals surface area contributed by atoms with Crippen molar-refractivity contribution in [3.05, 3.63) is 27.9 Å². The summed E-state index contributed by atoms with van der Waals surface area (Å²) in [6.45, 7) is 4.14. The molecule has 1 aromatic rings. The van der Waals surface area contributed by atoms with Gasteiger partial charge in [-0.15, -0.1) is 11.8 Å². The van der Waals surface area contributed by atoms with E-state index in [2.05, 4.69) is 18.8 Å². The molecule has 6 nitrogen and oxygen atoms in total. The van der Waals surface area contributed by atoms with Crippen LogP contribution in [0.3, 0.4) is 0 Å². The van der Waals surface area contributed by atoms with Gasteiger partial charge >= 0.3 is 5.97 Å². The number of nitrogens with zero attached hydrogens (tertiary/aromatic N) is 2. The molecule has 0 aliphatic rings. The first-order chi connectivity index (χ1) is 8.41. The monoisotopic (exact) mass is 270 g/mol. The largest absolute Gasteiger partial charge is 0.478 e. The fourth-order valence-corrected chi connectivity index (χ4v) is 2.41. The Kier molecular flexibility index (Phi) is 5.08. The molecule has 0 radical (unpaired) electrons. The minimum Gasteiger partial charge on any atom is -0.478 e. The van der Waals surface area contributed by atoms with E-state index in [0.717, 1.165) is 24.4 Å². The topological polar surface area (TPSA) is 93.3 Å². The van der Waals surface area contributed by atoms with E-state index in [1.807, 2.05) is 0 Å². The minimum absolute atomic E-state index is 0.113. The molecule has 0 unspecified atom stereocenters. The molecule has 7 heteroatoms. The average molecular weight is 270 g/mol. The van der Waals surface area contributed by atoms with Gasteiger partial charge in [-0.2, -0.15) is 0 Å². The Morgan fingerprint density at radius 1 is 1.61 bits per heavy atom. The lowest BCUT2D eigenvalue weighted by Gasteiger charge is -2.06. The van der Waals surface area contributed by atoms with Crippen molar-refractivity contribution in [2.45, 2.75) is 25.3 Å². The van der Waals surface area contributed by atoms with Crippen LogP contribution < -0.4 is 0 Å². The molecule has 18 heavy (non-hydrogen) atoms. The molecular weight excluding hydrogens is 256 g/mol. The van der Waals surface area contributed by atoms with Crippen molar-refractivity contribution in [2.75, 3.05) is 5.75 Å². The lowest BCUT2D eigenvalue weighted by Crippen LogP contribution is -2.03. The molecule has 0 saturated heterocycles. The van der Waals surface area contributed by atoms with E-state index >= 15 is 0 Å². The first-order valence-corrected chi connectivity index (χ1v) is 6.41. The second-order valence-corrected chi connectivity index (χ2v) is 5.22. The molecule has 0 fully saturated rings. The molecule has 0 aliphatic heterocycles. The summed E-state index contributed by atoms with van der Waals surface area (Å²) in [6.07, 6.45) is 2.02. The standard InChI is InChI=1S/C11H14N2O4S/c1-7(2)3-4-18-10-9(11(14)15)5-8(6-12-10)13(16)17/h5-7H,3-4H2,1-2H3,(H,14,15). The third-order valence-electron chi connectivity index (χ3n) is 2.21. The molecule has 98 valence electrons. The van der Waals surface area contributed by atoms with Crippen LogP contribution in [0.4, 0.5) is 5.69 Å². The summed E-state index contributed by atoms with van der Waals surface area (Å²) in [5, 5.41) is 19.9. The van der Waals surface area contributed by atoms with Gasteiger partial charge in [-0.3, -0.25) is 10.1 Å². The van der Waals surface area contributed by atoms with E-state index in [1.54, 1.807) is 0 Å². The fourth-order valence-electron chi connectivity index (χ4n) is 1.20. The Hall–Kier alpha value is -1.63. The Balaban J connectivity index is 2.90. The van der Waals surface area contributed by atoms with Crippen molar-refractivity contribution in [3.8, 4) is 0 Å². The van der Waals surface area contributed by atoms with Crippen LogP contribution in [0.1, 0.15) is 30.6 Å². The SMILES string of the molecule is CC(C)CCSc1ncc([N+](=O)[O-])cc1C(=O)O. The number of rotatable bonds is 6. The zero-order valence-electron chi connectivity index (χ0n) is 10.1. The predicted octanol–water partition coefficient (Wildman–Crippen LogP) is 2.83. The third kappa shape index (κ3) is 3.99. The number of hydrogen-bond donors (Lipinski definition) is 1. The highest BCUT2D eigenvalue weighted by Gasteiger charge is 2.17. The maximum absolute atomic E-state index is 11.0. The molecule has 1 rings (SSSR count). The Morgan fingerprint density at radius 2 is 2.28 bits per heavy atom. The van der Waals surface area contributed by atoms with Crippen molar-refractivity contribution in [1.29, 1.82) is 0 Å². The molecule has 0 bridgehead atoms. The predicted molar refractivity (Wildman–Crippen MR) is 68.0 cm³/mol. The minimum atomic E-state index is -1.20. The number of hydrogen-bond acceptors (Lipinski definition) is 5. The molecule has 0 saturated carbocycles. The van der Waals surface area contributed by atoms with Crippen LogP contribution in [-0.2, 0) is 0 Å². The summed E-state index contributed by atoms with van der Waals surface area (Å²) >= 11 is 1.31. The first-order valence-electron chi connectivity index (χ1n) is 5.42. The Labute approximate surface area is 109 Å². The highest BCUT2D eigenvalue weighted by molar-refractivity contribution is 7.99. The van der Waals surface area contributed by atoms with Gasteiger partial charge in [0.25, 0.3) is 5.69 Å². The average Bonchev–Trinajstić information content (AvgIpc) is 2.28. The Morgan fingerprint density at radius 3 is 2.78 bits per heavy atom. The van der Waals surface area contributed by atoms with Gasteiger partial charge in [0.2, 0.25) is 0 Å². The van der Waals surface area contributed by atoms with E-state index in [0.29, 0.717) is 10.9 Å². The number of carboxylic acids is 1. The molecular formula is C11H14N2O4S. The molecule has 1 N–H and O–H groups in total. The van der Waals surface area contributed by atoms with Crippen LogP contribution in [0.2, 0.25) is 0 Å². The van der Waals surface area contributed by atoms with E-state index in [9.17, 15) is 14.9 Å². The van der Waals surface area contributed by atoms with Crippen molar-refractivity contribution < 1.29 is 14.8 Å². The van der Waals surface area contributed by atoms with Crippen molar-refractivity contribution >= 4 is 23.4 Å². The maximum atomic E-state index is 11.0. The summed E-state index contributed by atoms with van der Waals surface area (Å²) in [4.78, 5) is 24.8. The van der Waals surface area contributed by atoms with Crippen molar-refractivity contribution in [3.63, 3.8) is 0 Å². The molecule has 1 heterocycles. The van der Waals surface area contributed by atoms with E-state index in [-0.39, 0.29) is 11.3 Å².